The van der Waals surface area contributed by atoms with E-state index in [1.54, 1.807) is 31.5 Å². The van der Waals surface area contributed by atoms with Crippen molar-refractivity contribution in [1.29, 1.82) is 0 Å². The Kier molecular flexibility index (Phi) is 3.77. The lowest BCUT2D eigenvalue weighted by Gasteiger charge is -2.08. The van der Waals surface area contributed by atoms with Crippen molar-refractivity contribution >= 4 is 21.7 Å². The van der Waals surface area contributed by atoms with Crippen molar-refractivity contribution in [3.63, 3.8) is 0 Å². The summed E-state index contributed by atoms with van der Waals surface area (Å²) >= 11 is 3.29. The summed E-state index contributed by atoms with van der Waals surface area (Å²) in [5.41, 5.74) is 1.95. The Morgan fingerprint density at radius 2 is 2.06 bits per heavy atom. The zero-order valence-corrected chi connectivity index (χ0v) is 11.7. The van der Waals surface area contributed by atoms with Crippen LogP contribution in [0.4, 0.5) is 0 Å². The van der Waals surface area contributed by atoms with E-state index in [4.69, 9.17) is 4.74 Å². The Balaban J connectivity index is 2.45. The molecule has 0 fully saturated rings. The number of benzene rings is 1. The van der Waals surface area contributed by atoms with Crippen LogP contribution in [0.15, 0.2) is 41.0 Å². The normalized spacial score (nSPS) is 10.2. The molecule has 0 aliphatic rings. The van der Waals surface area contributed by atoms with Crippen molar-refractivity contribution in [1.82, 2.24) is 4.98 Å². The number of rotatable bonds is 3. The van der Waals surface area contributed by atoms with Gasteiger partial charge in [0.05, 0.1) is 12.7 Å². The smallest absolute Gasteiger partial charge is 0.215 e. The summed E-state index contributed by atoms with van der Waals surface area (Å²) in [5, 5.41) is 0. The van der Waals surface area contributed by atoms with Gasteiger partial charge in [0, 0.05) is 10.7 Å². The van der Waals surface area contributed by atoms with Crippen LogP contribution in [-0.4, -0.2) is 17.9 Å². The van der Waals surface area contributed by atoms with Gasteiger partial charge in [0.2, 0.25) is 5.78 Å². The van der Waals surface area contributed by atoms with Gasteiger partial charge in [-0.15, -0.1) is 0 Å². The molecule has 1 heterocycles. The number of nitrogens with zero attached hydrogens (tertiary/aromatic N) is 1. The highest BCUT2D eigenvalue weighted by Gasteiger charge is 2.15. The molecule has 0 radical (unpaired) electrons. The first-order chi connectivity index (χ1) is 8.61. The second kappa shape index (κ2) is 5.31. The van der Waals surface area contributed by atoms with Crippen LogP contribution in [0.2, 0.25) is 0 Å². The van der Waals surface area contributed by atoms with Gasteiger partial charge in [0.1, 0.15) is 11.4 Å². The van der Waals surface area contributed by atoms with E-state index in [-0.39, 0.29) is 5.78 Å². The number of pyridine rings is 1. The van der Waals surface area contributed by atoms with E-state index in [0.29, 0.717) is 17.0 Å². The van der Waals surface area contributed by atoms with E-state index in [1.807, 2.05) is 19.1 Å². The first kappa shape index (κ1) is 12.8. The molecule has 0 saturated carbocycles. The molecule has 4 heteroatoms. The number of hydrogen-bond acceptors (Lipinski definition) is 3. The predicted molar refractivity (Wildman–Crippen MR) is 73.1 cm³/mol. The molecule has 0 amide bonds. The molecule has 92 valence electrons. The van der Waals surface area contributed by atoms with Gasteiger partial charge < -0.3 is 4.74 Å². The fourth-order valence-corrected chi connectivity index (χ4v) is 1.88. The summed E-state index contributed by atoms with van der Waals surface area (Å²) in [4.78, 5) is 16.4. The lowest BCUT2D eigenvalue weighted by molar-refractivity contribution is 0.103. The van der Waals surface area contributed by atoms with Gasteiger partial charge in [0.25, 0.3) is 0 Å². The number of carbonyl (C=O) groups excluding carboxylic acids is 1. The minimum Gasteiger partial charge on any atom is -0.496 e. The molecule has 0 atom stereocenters. The molecular weight excluding hydrogens is 294 g/mol. The second-order valence-electron chi connectivity index (χ2n) is 3.89. The highest BCUT2D eigenvalue weighted by atomic mass is 79.9. The van der Waals surface area contributed by atoms with E-state index in [2.05, 4.69) is 20.9 Å². The van der Waals surface area contributed by atoms with Crippen molar-refractivity contribution in [2.75, 3.05) is 7.11 Å². The summed E-state index contributed by atoms with van der Waals surface area (Å²) in [6.07, 6.45) is 1.61. The van der Waals surface area contributed by atoms with Crippen molar-refractivity contribution in [2.24, 2.45) is 0 Å². The van der Waals surface area contributed by atoms with Crippen LogP contribution in [0.25, 0.3) is 0 Å². The molecule has 3 nitrogen and oxygen atoms in total. The van der Waals surface area contributed by atoms with Gasteiger partial charge in [-0.3, -0.25) is 9.78 Å². The molecule has 1 aromatic carbocycles. The molecule has 0 aliphatic carbocycles. The average molecular weight is 306 g/mol. The number of methoxy groups -OCH3 is 1. The van der Waals surface area contributed by atoms with Crippen molar-refractivity contribution in [3.05, 3.63) is 57.8 Å². The van der Waals surface area contributed by atoms with E-state index < -0.39 is 0 Å². The summed E-state index contributed by atoms with van der Waals surface area (Å²) in [6, 6.07) is 8.99. The van der Waals surface area contributed by atoms with Crippen LogP contribution >= 0.6 is 15.9 Å². The fraction of sp³-hybridized carbons (Fsp3) is 0.143. The highest BCUT2D eigenvalue weighted by molar-refractivity contribution is 9.10. The van der Waals surface area contributed by atoms with Crippen LogP contribution in [-0.2, 0) is 0 Å². The summed E-state index contributed by atoms with van der Waals surface area (Å²) in [7, 11) is 1.55. The van der Waals surface area contributed by atoms with Crippen LogP contribution in [0, 0.1) is 6.92 Å². The number of hydrogen-bond donors (Lipinski definition) is 0. The van der Waals surface area contributed by atoms with Crippen LogP contribution < -0.4 is 4.74 Å². The molecule has 1 aromatic heterocycles. The van der Waals surface area contributed by atoms with Gasteiger partial charge in [-0.1, -0.05) is 11.6 Å². The Morgan fingerprint density at radius 1 is 1.28 bits per heavy atom. The standard InChI is InChI=1S/C14H12BrNO2/c1-9-3-6-13(18-2)11(7-9)14(17)12-5-4-10(15)8-16-12/h3-8H,1-2H3. The van der Waals surface area contributed by atoms with E-state index in [0.717, 1.165) is 10.0 Å². The fourth-order valence-electron chi connectivity index (χ4n) is 1.65. The molecule has 0 bridgehead atoms. The molecule has 18 heavy (non-hydrogen) atoms. The number of ketones is 1. The van der Waals surface area contributed by atoms with Crippen LogP contribution in [0.1, 0.15) is 21.6 Å². The first-order valence-corrected chi connectivity index (χ1v) is 6.22. The van der Waals surface area contributed by atoms with Crippen molar-refractivity contribution in [2.45, 2.75) is 6.92 Å². The largest absolute Gasteiger partial charge is 0.496 e. The molecule has 0 N–H and O–H groups in total. The predicted octanol–water partition coefficient (Wildman–Crippen LogP) is 3.39. The van der Waals surface area contributed by atoms with Gasteiger partial charge >= 0.3 is 0 Å². The van der Waals surface area contributed by atoms with Crippen LogP contribution in [0.5, 0.6) is 5.75 Å². The molecule has 0 spiro atoms. The number of carbonyl (C=O) groups is 1. The third kappa shape index (κ3) is 2.59. The molecule has 2 aromatic rings. The Labute approximate surface area is 114 Å². The van der Waals surface area contributed by atoms with Crippen molar-refractivity contribution < 1.29 is 9.53 Å². The molecular formula is C14H12BrNO2. The maximum atomic E-state index is 12.3. The highest BCUT2D eigenvalue weighted by Crippen LogP contribution is 2.22. The van der Waals surface area contributed by atoms with Gasteiger partial charge in [-0.25, -0.2) is 0 Å². The first-order valence-electron chi connectivity index (χ1n) is 5.42. The maximum Gasteiger partial charge on any atom is 0.215 e. The molecule has 0 aliphatic heterocycles. The third-order valence-electron chi connectivity index (χ3n) is 2.56. The lowest BCUT2D eigenvalue weighted by atomic mass is 10.0. The number of halogens is 1. The summed E-state index contributed by atoms with van der Waals surface area (Å²) in [6.45, 7) is 1.94. The van der Waals surface area contributed by atoms with Crippen LogP contribution in [0.3, 0.4) is 0 Å². The molecule has 0 unspecified atom stereocenters. The van der Waals surface area contributed by atoms with Gasteiger partial charge in [-0.2, -0.15) is 0 Å². The van der Waals surface area contributed by atoms with Gasteiger partial charge in [0.15, 0.2) is 0 Å². The van der Waals surface area contributed by atoms with Gasteiger partial charge in [-0.05, 0) is 47.1 Å². The quantitative estimate of drug-likeness (QED) is 0.816. The number of aryl methyl sites for hydroxylation is 1. The van der Waals surface area contributed by atoms with Crippen molar-refractivity contribution in [3.8, 4) is 5.75 Å². The Morgan fingerprint density at radius 3 is 2.67 bits per heavy atom. The topological polar surface area (TPSA) is 39.2 Å². The monoisotopic (exact) mass is 305 g/mol. The average Bonchev–Trinajstić information content (AvgIpc) is 2.39. The maximum absolute atomic E-state index is 12.3. The SMILES string of the molecule is COc1ccc(C)cc1C(=O)c1ccc(Br)cn1. The lowest BCUT2D eigenvalue weighted by Crippen LogP contribution is -2.06. The minimum absolute atomic E-state index is 0.136. The van der Waals surface area contributed by atoms with E-state index in [9.17, 15) is 4.79 Å². The zero-order chi connectivity index (χ0) is 13.1. The zero-order valence-electron chi connectivity index (χ0n) is 10.1. The summed E-state index contributed by atoms with van der Waals surface area (Å²) < 4.78 is 6.05. The number of ether oxygens (including phenoxy) is 1. The van der Waals surface area contributed by atoms with E-state index in [1.165, 1.54) is 0 Å². The minimum atomic E-state index is -0.136. The van der Waals surface area contributed by atoms with E-state index >= 15 is 0 Å². The Bertz CT molecular complexity index is 579. The second-order valence-corrected chi connectivity index (χ2v) is 4.81. The summed E-state index contributed by atoms with van der Waals surface area (Å²) in [5.74, 6) is 0.429. The molecule has 2 rings (SSSR count). The Hall–Kier alpha value is -1.68. The number of aromatic nitrogens is 1. The molecule has 0 saturated heterocycles. The third-order valence-corrected chi connectivity index (χ3v) is 3.03.